The molecule has 2 atom stereocenters. The molecule has 1 aromatic carbocycles. The van der Waals surface area contributed by atoms with Gasteiger partial charge in [-0.05, 0) is 55.9 Å². The van der Waals surface area contributed by atoms with E-state index in [0.717, 1.165) is 12.0 Å². The predicted octanol–water partition coefficient (Wildman–Crippen LogP) is 4.14. The fourth-order valence-corrected chi connectivity index (χ4v) is 3.74. The van der Waals surface area contributed by atoms with Gasteiger partial charge in [0, 0.05) is 11.6 Å². The van der Waals surface area contributed by atoms with Crippen LogP contribution < -0.4 is 5.32 Å². The van der Waals surface area contributed by atoms with E-state index in [1.54, 1.807) is 0 Å². The molecule has 134 valence electrons. The Morgan fingerprint density at radius 2 is 2.04 bits per heavy atom. The van der Waals surface area contributed by atoms with Crippen LogP contribution in [-0.2, 0) is 4.79 Å². The van der Waals surface area contributed by atoms with E-state index in [1.807, 2.05) is 18.2 Å². The molecule has 25 heavy (non-hydrogen) atoms. The molecule has 1 aromatic heterocycles. The normalized spacial score (nSPS) is 20.4. The highest BCUT2D eigenvalue weighted by Crippen LogP contribution is 2.26. The van der Waals surface area contributed by atoms with Gasteiger partial charge in [-0.2, -0.15) is 0 Å². The largest absolute Gasteiger partial charge is 0.411 e. The van der Waals surface area contributed by atoms with Gasteiger partial charge >= 0.3 is 0 Å². The van der Waals surface area contributed by atoms with Gasteiger partial charge in [-0.1, -0.05) is 37.6 Å². The third kappa shape index (κ3) is 4.63. The minimum absolute atomic E-state index is 0.0367. The van der Waals surface area contributed by atoms with Crippen molar-refractivity contribution in [2.24, 2.45) is 5.92 Å². The van der Waals surface area contributed by atoms with E-state index in [2.05, 4.69) is 36.3 Å². The van der Waals surface area contributed by atoms with Gasteiger partial charge < -0.3 is 9.73 Å². The van der Waals surface area contributed by atoms with Crippen molar-refractivity contribution in [2.75, 3.05) is 5.75 Å². The summed E-state index contributed by atoms with van der Waals surface area (Å²) >= 11 is 1.29. The quantitative estimate of drug-likeness (QED) is 0.813. The summed E-state index contributed by atoms with van der Waals surface area (Å²) in [4.78, 5) is 12.2. The van der Waals surface area contributed by atoms with Crippen LogP contribution in [-0.4, -0.2) is 27.9 Å². The van der Waals surface area contributed by atoms with Crippen molar-refractivity contribution in [2.45, 2.75) is 57.7 Å². The summed E-state index contributed by atoms with van der Waals surface area (Å²) in [6.45, 7) is 6.34. The maximum atomic E-state index is 12.2. The molecular formula is C19H25N3O2S. The molecule has 1 amide bonds. The molecule has 1 heterocycles. The number of hydrogen-bond donors (Lipinski definition) is 1. The van der Waals surface area contributed by atoms with Crippen LogP contribution in [0.1, 0.15) is 43.7 Å². The average molecular weight is 359 g/mol. The predicted molar refractivity (Wildman–Crippen MR) is 99.5 cm³/mol. The van der Waals surface area contributed by atoms with Crippen LogP contribution in [0.2, 0.25) is 0 Å². The summed E-state index contributed by atoms with van der Waals surface area (Å²) < 4.78 is 5.69. The number of hydrogen-bond acceptors (Lipinski definition) is 5. The Hall–Kier alpha value is -1.82. The standard InChI is InChI=1S/C19H25N3O2S/c1-12-8-9-15(10-14(12)3)18-21-22-19(24-18)25-11-17(23)20-16-7-5-4-6-13(16)2/h8-10,13,16H,4-7,11H2,1-3H3,(H,20,23)/t13-,16+/m0/s1. The molecule has 0 radical (unpaired) electrons. The van der Waals surface area contributed by atoms with E-state index in [-0.39, 0.29) is 5.91 Å². The second-order valence-corrected chi connectivity index (χ2v) is 7.82. The van der Waals surface area contributed by atoms with Crippen LogP contribution in [0, 0.1) is 19.8 Å². The zero-order chi connectivity index (χ0) is 17.8. The number of carbonyl (C=O) groups is 1. The Balaban J connectivity index is 1.54. The molecule has 1 aliphatic rings. The molecule has 0 saturated heterocycles. The average Bonchev–Trinajstić information content (AvgIpc) is 3.07. The lowest BCUT2D eigenvalue weighted by Crippen LogP contribution is -2.41. The molecule has 0 unspecified atom stereocenters. The Morgan fingerprint density at radius 3 is 2.80 bits per heavy atom. The van der Waals surface area contributed by atoms with Gasteiger partial charge in [0.05, 0.1) is 5.75 Å². The van der Waals surface area contributed by atoms with E-state index < -0.39 is 0 Å². The minimum atomic E-state index is 0.0367. The van der Waals surface area contributed by atoms with Crippen molar-refractivity contribution in [3.05, 3.63) is 29.3 Å². The highest BCUT2D eigenvalue weighted by atomic mass is 32.2. The molecule has 1 N–H and O–H groups in total. The molecular weight excluding hydrogens is 334 g/mol. The van der Waals surface area contributed by atoms with E-state index in [4.69, 9.17) is 4.42 Å². The number of carbonyl (C=O) groups excluding carboxylic acids is 1. The molecule has 3 rings (SSSR count). The first-order chi connectivity index (χ1) is 12.0. The van der Waals surface area contributed by atoms with Crippen LogP contribution in [0.4, 0.5) is 0 Å². The number of rotatable bonds is 5. The molecule has 1 saturated carbocycles. The van der Waals surface area contributed by atoms with Gasteiger partial charge in [0.2, 0.25) is 11.8 Å². The fraction of sp³-hybridized carbons (Fsp3) is 0.526. The molecule has 5 nitrogen and oxygen atoms in total. The number of nitrogens with zero attached hydrogens (tertiary/aromatic N) is 2. The Bertz CT molecular complexity index is 744. The molecule has 1 aliphatic carbocycles. The van der Waals surface area contributed by atoms with Crippen LogP contribution in [0.15, 0.2) is 27.8 Å². The highest BCUT2D eigenvalue weighted by Gasteiger charge is 2.23. The van der Waals surface area contributed by atoms with Gasteiger partial charge in [-0.15, -0.1) is 10.2 Å². The van der Waals surface area contributed by atoms with E-state index in [1.165, 1.54) is 42.2 Å². The number of amides is 1. The summed E-state index contributed by atoms with van der Waals surface area (Å²) in [5.41, 5.74) is 3.32. The maximum absolute atomic E-state index is 12.2. The molecule has 0 aliphatic heterocycles. The van der Waals surface area contributed by atoms with Crippen molar-refractivity contribution >= 4 is 17.7 Å². The zero-order valence-corrected chi connectivity index (χ0v) is 15.9. The first-order valence-corrected chi connectivity index (χ1v) is 9.85. The molecule has 2 aromatic rings. The van der Waals surface area contributed by atoms with Crippen LogP contribution >= 0.6 is 11.8 Å². The van der Waals surface area contributed by atoms with Crippen LogP contribution in [0.3, 0.4) is 0 Å². The Morgan fingerprint density at radius 1 is 1.24 bits per heavy atom. The number of thioether (sulfide) groups is 1. The van der Waals surface area contributed by atoms with Gasteiger partial charge in [0.25, 0.3) is 5.22 Å². The maximum Gasteiger partial charge on any atom is 0.277 e. The smallest absolute Gasteiger partial charge is 0.277 e. The zero-order valence-electron chi connectivity index (χ0n) is 15.0. The van der Waals surface area contributed by atoms with Crippen LogP contribution in [0.5, 0.6) is 0 Å². The van der Waals surface area contributed by atoms with Crippen molar-refractivity contribution in [3.8, 4) is 11.5 Å². The fourth-order valence-electron chi connectivity index (χ4n) is 3.17. The molecule has 1 fully saturated rings. The lowest BCUT2D eigenvalue weighted by Gasteiger charge is -2.29. The van der Waals surface area contributed by atoms with Crippen molar-refractivity contribution < 1.29 is 9.21 Å². The third-order valence-corrected chi connectivity index (χ3v) is 5.76. The molecule has 0 bridgehead atoms. The van der Waals surface area contributed by atoms with Gasteiger partial charge in [-0.25, -0.2) is 0 Å². The van der Waals surface area contributed by atoms with Crippen LogP contribution in [0.25, 0.3) is 11.5 Å². The summed E-state index contributed by atoms with van der Waals surface area (Å²) in [6.07, 6.45) is 4.74. The lowest BCUT2D eigenvalue weighted by atomic mass is 9.86. The number of aromatic nitrogens is 2. The number of aryl methyl sites for hydroxylation is 2. The summed E-state index contributed by atoms with van der Waals surface area (Å²) in [6, 6.07) is 6.35. The Labute approximate surface area is 153 Å². The second-order valence-electron chi connectivity index (χ2n) is 6.90. The Kier molecular flexibility index (Phi) is 5.78. The number of benzene rings is 1. The first kappa shape index (κ1) is 18.0. The molecule has 6 heteroatoms. The molecule has 0 spiro atoms. The summed E-state index contributed by atoms with van der Waals surface area (Å²) in [5, 5.41) is 11.7. The van der Waals surface area contributed by atoms with E-state index in [0.29, 0.717) is 28.8 Å². The van der Waals surface area contributed by atoms with Crippen molar-refractivity contribution in [1.82, 2.24) is 15.5 Å². The minimum Gasteiger partial charge on any atom is -0.411 e. The van der Waals surface area contributed by atoms with Gasteiger partial charge in [-0.3, -0.25) is 4.79 Å². The number of nitrogens with one attached hydrogen (secondary N) is 1. The monoisotopic (exact) mass is 359 g/mol. The lowest BCUT2D eigenvalue weighted by molar-refractivity contribution is -0.119. The second kappa shape index (κ2) is 8.04. The van der Waals surface area contributed by atoms with Crippen molar-refractivity contribution in [1.29, 1.82) is 0 Å². The third-order valence-electron chi connectivity index (χ3n) is 4.94. The SMILES string of the molecule is Cc1ccc(-c2nnc(SCC(=O)N[C@@H]3CCCC[C@@H]3C)o2)cc1C. The summed E-state index contributed by atoms with van der Waals surface area (Å²) in [7, 11) is 0. The van der Waals surface area contributed by atoms with E-state index >= 15 is 0 Å². The highest BCUT2D eigenvalue weighted by molar-refractivity contribution is 7.99. The van der Waals surface area contributed by atoms with Gasteiger partial charge in [0.15, 0.2) is 0 Å². The van der Waals surface area contributed by atoms with Gasteiger partial charge in [0.1, 0.15) is 0 Å². The van der Waals surface area contributed by atoms with E-state index in [9.17, 15) is 4.79 Å². The first-order valence-electron chi connectivity index (χ1n) is 8.86. The topological polar surface area (TPSA) is 68.0 Å². The summed E-state index contributed by atoms with van der Waals surface area (Å²) in [5.74, 6) is 1.39. The van der Waals surface area contributed by atoms with Crippen molar-refractivity contribution in [3.63, 3.8) is 0 Å².